The Morgan fingerprint density at radius 1 is 1.12 bits per heavy atom. The lowest BCUT2D eigenvalue weighted by molar-refractivity contribution is 0.0452. The molecule has 0 saturated heterocycles. The molecule has 0 amide bonds. The van der Waals surface area contributed by atoms with Crippen LogP contribution in [0.2, 0.25) is 0 Å². The fourth-order valence-electron chi connectivity index (χ4n) is 2.30. The molecule has 1 heterocycles. The van der Waals surface area contributed by atoms with Gasteiger partial charge in [-0.05, 0) is 31.2 Å². The molecule has 1 unspecified atom stereocenters. The lowest BCUT2D eigenvalue weighted by Gasteiger charge is -2.18. The first-order valence-electron chi connectivity index (χ1n) is 7.38. The van der Waals surface area contributed by atoms with Gasteiger partial charge in [0.2, 0.25) is 5.82 Å². The fraction of sp³-hybridized carbons (Fsp3) is 0.176. The second-order valence-electron chi connectivity index (χ2n) is 5.78. The summed E-state index contributed by atoms with van der Waals surface area (Å²) in [4.78, 5) is 3.99. The van der Waals surface area contributed by atoms with E-state index in [0.717, 1.165) is 24.3 Å². The number of nitrogens with zero attached hydrogens (tertiary/aromatic N) is 2. The van der Waals surface area contributed by atoms with Crippen molar-refractivity contribution < 1.29 is 22.4 Å². The second kappa shape index (κ2) is 6.38. The Balaban J connectivity index is 1.87. The first-order chi connectivity index (χ1) is 11.8. The Hall–Kier alpha value is -2.58. The van der Waals surface area contributed by atoms with Crippen molar-refractivity contribution in [3.05, 3.63) is 66.3 Å². The number of hydrogen-bond donors (Lipinski definition) is 1. The highest BCUT2D eigenvalue weighted by Gasteiger charge is 2.36. The number of aromatic nitrogens is 2. The summed E-state index contributed by atoms with van der Waals surface area (Å²) in [5, 5.41) is 14.3. The molecule has 25 heavy (non-hydrogen) atoms. The molecule has 0 radical (unpaired) electrons. The van der Waals surface area contributed by atoms with Crippen molar-refractivity contribution in [3.8, 4) is 11.4 Å². The summed E-state index contributed by atoms with van der Waals surface area (Å²) >= 11 is 0. The van der Waals surface area contributed by atoms with Gasteiger partial charge in [-0.15, -0.1) is 0 Å². The van der Waals surface area contributed by atoms with Crippen molar-refractivity contribution in [2.45, 2.75) is 17.4 Å². The molecule has 1 aromatic heterocycles. The van der Waals surface area contributed by atoms with Crippen LogP contribution in [0.4, 0.5) is 4.39 Å². The van der Waals surface area contributed by atoms with Gasteiger partial charge in [0.05, 0.1) is 10.6 Å². The highest BCUT2D eigenvalue weighted by Crippen LogP contribution is 2.26. The number of rotatable bonds is 5. The molecule has 130 valence electrons. The summed E-state index contributed by atoms with van der Waals surface area (Å²) < 4.78 is 42.9. The largest absolute Gasteiger partial charge is 0.379 e. The number of benzene rings is 2. The third-order valence-electron chi connectivity index (χ3n) is 3.56. The van der Waals surface area contributed by atoms with Gasteiger partial charge in [0.15, 0.2) is 15.4 Å². The Bertz CT molecular complexity index is 967. The van der Waals surface area contributed by atoms with Crippen LogP contribution in [0, 0.1) is 5.82 Å². The van der Waals surface area contributed by atoms with Gasteiger partial charge < -0.3 is 9.63 Å². The molecule has 2 aromatic carbocycles. The van der Waals surface area contributed by atoms with E-state index >= 15 is 0 Å². The normalized spacial score (nSPS) is 14.2. The molecule has 0 aliphatic carbocycles. The van der Waals surface area contributed by atoms with E-state index in [9.17, 15) is 17.9 Å². The maximum absolute atomic E-state index is 13.0. The monoisotopic (exact) mass is 362 g/mol. The summed E-state index contributed by atoms with van der Waals surface area (Å²) in [6.07, 6.45) is 0. The van der Waals surface area contributed by atoms with Crippen LogP contribution in [-0.4, -0.2) is 29.4 Å². The highest BCUT2D eigenvalue weighted by molar-refractivity contribution is 7.91. The van der Waals surface area contributed by atoms with Crippen molar-refractivity contribution in [2.24, 2.45) is 0 Å². The third kappa shape index (κ3) is 3.75. The summed E-state index contributed by atoms with van der Waals surface area (Å²) in [5.41, 5.74) is -1.22. The number of halogens is 1. The van der Waals surface area contributed by atoms with Crippen LogP contribution in [0.5, 0.6) is 0 Å². The minimum atomic E-state index is -3.88. The van der Waals surface area contributed by atoms with Crippen molar-refractivity contribution in [1.82, 2.24) is 10.1 Å². The van der Waals surface area contributed by atoms with Crippen LogP contribution in [0.25, 0.3) is 11.4 Å². The molecule has 3 aromatic rings. The van der Waals surface area contributed by atoms with Crippen molar-refractivity contribution in [1.29, 1.82) is 0 Å². The van der Waals surface area contributed by atoms with E-state index in [0.29, 0.717) is 5.56 Å². The van der Waals surface area contributed by atoms with Crippen molar-refractivity contribution in [2.75, 3.05) is 5.75 Å². The first-order valence-corrected chi connectivity index (χ1v) is 9.03. The zero-order valence-corrected chi connectivity index (χ0v) is 14.1. The van der Waals surface area contributed by atoms with Gasteiger partial charge in [-0.2, -0.15) is 4.98 Å². The van der Waals surface area contributed by atoms with Crippen LogP contribution < -0.4 is 0 Å². The zero-order chi connectivity index (χ0) is 18.1. The molecule has 0 fully saturated rings. The smallest absolute Gasteiger partial charge is 0.259 e. The molecule has 0 aliphatic rings. The topological polar surface area (TPSA) is 93.3 Å². The standard InChI is InChI=1S/C17H15FN2O4S/c1-17(21,11-25(22,23)14-9-7-13(18)8-10-14)16-19-15(20-24-16)12-5-3-2-4-6-12/h2-10,21H,11H2,1H3. The van der Waals surface area contributed by atoms with E-state index in [1.165, 1.54) is 6.92 Å². The van der Waals surface area contributed by atoms with E-state index in [4.69, 9.17) is 4.52 Å². The lowest BCUT2D eigenvalue weighted by Crippen LogP contribution is -2.31. The molecule has 0 spiro atoms. The Morgan fingerprint density at radius 2 is 1.76 bits per heavy atom. The maximum Gasteiger partial charge on any atom is 0.259 e. The molecule has 1 N–H and O–H groups in total. The molecular formula is C17H15FN2O4S. The average molecular weight is 362 g/mol. The highest BCUT2D eigenvalue weighted by atomic mass is 32.2. The molecule has 1 atom stereocenters. The number of sulfone groups is 1. The Kier molecular flexibility index (Phi) is 4.40. The lowest BCUT2D eigenvalue weighted by atomic mass is 10.1. The van der Waals surface area contributed by atoms with E-state index in [2.05, 4.69) is 10.1 Å². The summed E-state index contributed by atoms with van der Waals surface area (Å²) in [5.74, 6) is -1.19. The van der Waals surface area contributed by atoms with Crippen LogP contribution in [0.15, 0.2) is 64.0 Å². The summed E-state index contributed by atoms with van der Waals surface area (Å²) in [6, 6.07) is 13.3. The average Bonchev–Trinajstić information content (AvgIpc) is 3.06. The molecule has 3 rings (SSSR count). The molecule has 0 aliphatic heterocycles. The molecule has 0 bridgehead atoms. The molecular weight excluding hydrogens is 347 g/mol. The molecule has 6 nitrogen and oxygen atoms in total. The van der Waals surface area contributed by atoms with Crippen LogP contribution >= 0.6 is 0 Å². The van der Waals surface area contributed by atoms with E-state index in [1.54, 1.807) is 24.3 Å². The first kappa shape index (κ1) is 17.2. The summed E-state index contributed by atoms with van der Waals surface area (Å²) in [6.45, 7) is 1.27. The molecule has 8 heteroatoms. The van der Waals surface area contributed by atoms with Crippen molar-refractivity contribution in [3.63, 3.8) is 0 Å². The van der Waals surface area contributed by atoms with Gasteiger partial charge in [0.25, 0.3) is 5.89 Å². The Morgan fingerprint density at radius 3 is 2.40 bits per heavy atom. The van der Waals surface area contributed by atoms with E-state index in [1.807, 2.05) is 6.07 Å². The minimum absolute atomic E-state index is 0.100. The number of hydrogen-bond acceptors (Lipinski definition) is 6. The van der Waals surface area contributed by atoms with Gasteiger partial charge in [0.1, 0.15) is 5.82 Å². The van der Waals surface area contributed by atoms with E-state index in [-0.39, 0.29) is 16.6 Å². The predicted octanol–water partition coefficient (Wildman–Crippen LogP) is 2.56. The quantitative estimate of drug-likeness (QED) is 0.701. The van der Waals surface area contributed by atoms with Crippen LogP contribution in [0.3, 0.4) is 0 Å². The summed E-state index contributed by atoms with van der Waals surface area (Å²) in [7, 11) is -3.88. The molecule has 0 saturated carbocycles. The second-order valence-corrected chi connectivity index (χ2v) is 7.77. The van der Waals surface area contributed by atoms with Crippen LogP contribution in [-0.2, 0) is 15.4 Å². The van der Waals surface area contributed by atoms with Gasteiger partial charge in [-0.25, -0.2) is 12.8 Å². The van der Waals surface area contributed by atoms with Gasteiger partial charge in [0, 0.05) is 5.56 Å². The predicted molar refractivity (Wildman–Crippen MR) is 87.8 cm³/mol. The third-order valence-corrected chi connectivity index (χ3v) is 5.50. The van der Waals surface area contributed by atoms with Gasteiger partial charge in [-0.3, -0.25) is 0 Å². The Labute approximate surface area is 143 Å². The van der Waals surface area contributed by atoms with Gasteiger partial charge in [-0.1, -0.05) is 35.5 Å². The number of aliphatic hydroxyl groups is 1. The SMILES string of the molecule is CC(O)(CS(=O)(=O)c1ccc(F)cc1)c1nc(-c2ccccc2)no1. The minimum Gasteiger partial charge on any atom is -0.379 e. The van der Waals surface area contributed by atoms with Crippen molar-refractivity contribution >= 4 is 9.84 Å². The maximum atomic E-state index is 13.0. The van der Waals surface area contributed by atoms with E-state index < -0.39 is 27.0 Å². The van der Waals surface area contributed by atoms with Gasteiger partial charge >= 0.3 is 0 Å². The van der Waals surface area contributed by atoms with Crippen LogP contribution in [0.1, 0.15) is 12.8 Å². The fourth-order valence-corrected chi connectivity index (χ4v) is 3.88. The zero-order valence-electron chi connectivity index (χ0n) is 13.3.